The summed E-state index contributed by atoms with van der Waals surface area (Å²) in [5, 5.41) is 23.0. The number of nitrogens with zero attached hydrogens (tertiary/aromatic N) is 3. The molecule has 0 bridgehead atoms. The summed E-state index contributed by atoms with van der Waals surface area (Å²) in [6.07, 6.45) is 3.58. The molecule has 2 atom stereocenters. The lowest BCUT2D eigenvalue weighted by Gasteiger charge is -2.31. The Hall–Kier alpha value is -2.30. The molecule has 0 radical (unpaired) electrons. The molecule has 0 aliphatic carbocycles. The summed E-state index contributed by atoms with van der Waals surface area (Å²) in [6.45, 7) is 3.00. The number of imidazole rings is 1. The zero-order valence-electron chi connectivity index (χ0n) is 15.9. The van der Waals surface area contributed by atoms with Gasteiger partial charge in [0.15, 0.2) is 16.9 Å². The van der Waals surface area contributed by atoms with Crippen molar-refractivity contribution in [2.24, 2.45) is 7.05 Å². The molecule has 2 aromatic rings. The van der Waals surface area contributed by atoms with Gasteiger partial charge in [-0.25, -0.2) is 9.78 Å². The quantitative estimate of drug-likeness (QED) is 0.328. The third kappa shape index (κ3) is 4.18. The molecule has 150 valence electrons. The molecule has 0 fully saturated rings. The number of rotatable bonds is 10. The van der Waals surface area contributed by atoms with Crippen LogP contribution in [-0.2, 0) is 11.8 Å². The van der Waals surface area contributed by atoms with Crippen molar-refractivity contribution in [2.75, 3.05) is 6.61 Å². The van der Waals surface area contributed by atoms with Gasteiger partial charge in [-0.3, -0.25) is 24.5 Å². The number of aryl methyl sites for hydroxylation is 1. The van der Waals surface area contributed by atoms with Gasteiger partial charge < -0.3 is 14.8 Å². The number of carbonyl (C=O) groups excluding carboxylic acids is 1. The summed E-state index contributed by atoms with van der Waals surface area (Å²) in [5.41, 5.74) is -3.01. The summed E-state index contributed by atoms with van der Waals surface area (Å²) in [7, 11) is 1.48. The highest BCUT2D eigenvalue weighted by molar-refractivity contribution is 5.86. The predicted octanol–water partition coefficient (Wildman–Crippen LogP) is -0.248. The van der Waals surface area contributed by atoms with Gasteiger partial charge in [0, 0.05) is 13.5 Å². The number of aromatic nitrogens is 4. The Labute approximate surface area is 155 Å². The normalized spacial score (nSPS) is 15.0. The number of ketones is 1. The van der Waals surface area contributed by atoms with E-state index in [0.717, 1.165) is 12.8 Å². The van der Waals surface area contributed by atoms with Crippen LogP contribution in [0.15, 0.2) is 15.9 Å². The van der Waals surface area contributed by atoms with Crippen LogP contribution in [0.3, 0.4) is 0 Å². The Morgan fingerprint density at radius 3 is 2.67 bits per heavy atom. The molecule has 2 heterocycles. The Bertz CT molecular complexity index is 915. The van der Waals surface area contributed by atoms with Gasteiger partial charge >= 0.3 is 5.69 Å². The van der Waals surface area contributed by atoms with E-state index >= 15 is 0 Å². The van der Waals surface area contributed by atoms with E-state index in [1.807, 2.05) is 6.92 Å². The molecule has 2 rings (SSSR count). The summed E-state index contributed by atoms with van der Waals surface area (Å²) in [6, 6.07) is 0. The molecular weight excluding hydrogens is 354 g/mol. The van der Waals surface area contributed by atoms with E-state index < -0.39 is 35.5 Å². The van der Waals surface area contributed by atoms with E-state index in [1.54, 1.807) is 6.92 Å². The molecule has 4 N–H and O–H groups in total. The Morgan fingerprint density at radius 1 is 1.37 bits per heavy atom. The number of hydrogen-bond acceptors (Lipinski definition) is 7. The zero-order valence-corrected chi connectivity index (χ0v) is 15.9. The molecule has 0 aliphatic heterocycles. The molecule has 10 heteroatoms. The SMILES string of the molecule is CCCCCC(=O)C(O)(CO)NC(CC)n1cnc2c1c(=O)[nH]c(=O)n2C. The van der Waals surface area contributed by atoms with E-state index in [9.17, 15) is 24.6 Å². The van der Waals surface area contributed by atoms with Crippen LogP contribution in [0, 0.1) is 0 Å². The van der Waals surface area contributed by atoms with Crippen LogP contribution >= 0.6 is 0 Å². The third-order valence-corrected chi connectivity index (χ3v) is 4.66. The third-order valence-electron chi connectivity index (χ3n) is 4.66. The van der Waals surface area contributed by atoms with Crippen LogP contribution in [0.2, 0.25) is 0 Å². The maximum absolute atomic E-state index is 12.4. The molecule has 2 aromatic heterocycles. The van der Waals surface area contributed by atoms with Crippen molar-refractivity contribution >= 4 is 16.9 Å². The summed E-state index contributed by atoms with van der Waals surface area (Å²) in [4.78, 5) is 42.7. The molecule has 0 saturated heterocycles. The molecule has 2 unspecified atom stereocenters. The van der Waals surface area contributed by atoms with Gasteiger partial charge in [0.25, 0.3) is 5.56 Å². The Kier molecular flexibility index (Phi) is 6.68. The monoisotopic (exact) mass is 381 g/mol. The fraction of sp³-hybridized carbons (Fsp3) is 0.647. The molecule has 0 amide bonds. The number of carbonyl (C=O) groups is 1. The van der Waals surface area contributed by atoms with Gasteiger partial charge in [-0.2, -0.15) is 0 Å². The van der Waals surface area contributed by atoms with Crippen molar-refractivity contribution < 1.29 is 15.0 Å². The lowest BCUT2D eigenvalue weighted by Crippen LogP contribution is -2.57. The van der Waals surface area contributed by atoms with Crippen molar-refractivity contribution in [3.05, 3.63) is 27.2 Å². The predicted molar refractivity (Wildman–Crippen MR) is 99.2 cm³/mol. The summed E-state index contributed by atoms with van der Waals surface area (Å²) in [5.74, 6) is -0.511. The number of nitrogens with one attached hydrogen (secondary N) is 2. The van der Waals surface area contributed by atoms with E-state index in [4.69, 9.17) is 0 Å². The van der Waals surface area contributed by atoms with Crippen molar-refractivity contribution in [1.82, 2.24) is 24.4 Å². The number of hydrogen-bond donors (Lipinski definition) is 4. The highest BCUT2D eigenvalue weighted by Gasteiger charge is 2.37. The first-order chi connectivity index (χ1) is 12.8. The average Bonchev–Trinajstić information content (AvgIpc) is 3.09. The van der Waals surface area contributed by atoms with E-state index in [0.29, 0.717) is 12.8 Å². The van der Waals surface area contributed by atoms with Gasteiger partial charge in [-0.05, 0) is 12.8 Å². The number of H-pyrrole nitrogens is 1. The first kappa shape index (κ1) is 21.0. The van der Waals surface area contributed by atoms with E-state index in [2.05, 4.69) is 15.3 Å². The van der Waals surface area contributed by atoms with Crippen LogP contribution in [0.5, 0.6) is 0 Å². The molecule has 27 heavy (non-hydrogen) atoms. The average molecular weight is 381 g/mol. The van der Waals surface area contributed by atoms with Crippen LogP contribution in [0.25, 0.3) is 11.2 Å². The fourth-order valence-electron chi connectivity index (χ4n) is 2.99. The van der Waals surface area contributed by atoms with Gasteiger partial charge in [-0.15, -0.1) is 0 Å². The number of aliphatic hydroxyl groups excluding tert-OH is 1. The van der Waals surface area contributed by atoms with Crippen LogP contribution in [0.1, 0.15) is 52.1 Å². The first-order valence-electron chi connectivity index (χ1n) is 9.09. The first-order valence-corrected chi connectivity index (χ1v) is 9.09. The van der Waals surface area contributed by atoms with Crippen LogP contribution < -0.4 is 16.6 Å². The maximum atomic E-state index is 12.4. The van der Waals surface area contributed by atoms with Crippen molar-refractivity contribution in [3.8, 4) is 0 Å². The Balaban J connectivity index is 2.38. The number of fused-ring (bicyclic) bond motifs is 1. The second-order valence-corrected chi connectivity index (χ2v) is 6.61. The topological polar surface area (TPSA) is 142 Å². The number of Topliss-reactive ketones (excluding diaryl/α,β-unsaturated/α-hetero) is 1. The van der Waals surface area contributed by atoms with Crippen LogP contribution in [-0.4, -0.2) is 47.4 Å². The minimum atomic E-state index is -2.13. The highest BCUT2D eigenvalue weighted by atomic mass is 16.4. The van der Waals surface area contributed by atoms with Crippen LogP contribution in [0.4, 0.5) is 0 Å². The maximum Gasteiger partial charge on any atom is 0.329 e. The molecular formula is C17H27N5O5. The molecule has 0 spiro atoms. The van der Waals surface area contributed by atoms with Gasteiger partial charge in [0.2, 0.25) is 5.72 Å². The number of aliphatic hydroxyl groups is 2. The fourth-order valence-corrected chi connectivity index (χ4v) is 2.99. The van der Waals surface area contributed by atoms with Crippen molar-refractivity contribution in [1.29, 1.82) is 0 Å². The van der Waals surface area contributed by atoms with Gasteiger partial charge in [0.1, 0.15) is 0 Å². The molecule has 10 nitrogen and oxygen atoms in total. The molecule has 0 aromatic carbocycles. The second kappa shape index (κ2) is 8.59. The minimum absolute atomic E-state index is 0.133. The molecule has 0 aliphatic rings. The van der Waals surface area contributed by atoms with Crippen molar-refractivity contribution in [2.45, 2.75) is 57.8 Å². The lowest BCUT2D eigenvalue weighted by atomic mass is 10.0. The highest BCUT2D eigenvalue weighted by Crippen LogP contribution is 2.19. The summed E-state index contributed by atoms with van der Waals surface area (Å²) >= 11 is 0. The minimum Gasteiger partial charge on any atom is -0.391 e. The second-order valence-electron chi connectivity index (χ2n) is 6.61. The molecule has 0 saturated carbocycles. The standard InChI is InChI=1S/C17H27N5O5/c1-4-6-7-8-11(24)17(27,9-23)20-12(5-2)22-10-18-14-13(22)15(25)19-16(26)21(14)3/h10,12,20,23,27H,4-9H2,1-3H3,(H,19,25,26). The largest absolute Gasteiger partial charge is 0.391 e. The van der Waals surface area contributed by atoms with Crippen molar-refractivity contribution in [3.63, 3.8) is 0 Å². The number of aromatic amines is 1. The van der Waals surface area contributed by atoms with E-state index in [1.165, 1.54) is 22.5 Å². The summed E-state index contributed by atoms with van der Waals surface area (Å²) < 4.78 is 2.65. The lowest BCUT2D eigenvalue weighted by molar-refractivity contribution is -0.148. The van der Waals surface area contributed by atoms with E-state index in [-0.39, 0.29) is 17.6 Å². The Morgan fingerprint density at radius 2 is 2.07 bits per heavy atom. The van der Waals surface area contributed by atoms with Gasteiger partial charge in [-0.1, -0.05) is 26.7 Å². The number of unbranched alkanes of at least 4 members (excludes halogenated alkanes) is 2. The smallest absolute Gasteiger partial charge is 0.329 e. The van der Waals surface area contributed by atoms with Gasteiger partial charge in [0.05, 0.1) is 19.1 Å². The zero-order chi connectivity index (χ0) is 20.2.